The van der Waals surface area contributed by atoms with Gasteiger partial charge in [0.1, 0.15) is 0 Å². The van der Waals surface area contributed by atoms with Crippen LogP contribution in [0.1, 0.15) is 83.1 Å². The molecule has 0 unspecified atom stereocenters. The second kappa shape index (κ2) is 26.1. The number of rotatable bonds is 2. The van der Waals surface area contributed by atoms with Crippen molar-refractivity contribution in [2.45, 2.75) is 83.1 Å². The molecule has 0 atom stereocenters. The molecular weight excluding hydrogens is 673 g/mol. The molecule has 0 N–H and O–H groups in total. The molecule has 0 aliphatic rings. The van der Waals surface area contributed by atoms with Crippen LogP contribution in [0.2, 0.25) is 0 Å². The Hall–Kier alpha value is -5.72. The van der Waals surface area contributed by atoms with Gasteiger partial charge in [-0.15, -0.1) is 0 Å². The Balaban J connectivity index is 0.000000316. The highest BCUT2D eigenvalue weighted by molar-refractivity contribution is 6.22. The minimum absolute atomic E-state index is 1.26. The van der Waals surface area contributed by atoms with Crippen molar-refractivity contribution in [1.29, 1.82) is 0 Å². The maximum absolute atomic E-state index is 2.25. The van der Waals surface area contributed by atoms with Gasteiger partial charge in [0.25, 0.3) is 0 Å². The quantitative estimate of drug-likeness (QED) is 0.122. The normalized spacial score (nSPS) is 9.43. The molecule has 9 aromatic rings. The topological polar surface area (TPSA) is 0 Å². The van der Waals surface area contributed by atoms with Crippen LogP contribution in [0.25, 0.3) is 76.1 Å². The van der Waals surface area contributed by atoms with E-state index in [-0.39, 0.29) is 0 Å². The largest absolute Gasteiger partial charge is 0.0683 e. The average molecular weight is 739 g/mol. The third kappa shape index (κ3) is 10.7. The van der Waals surface area contributed by atoms with E-state index in [1.54, 1.807) is 0 Å². The maximum atomic E-state index is 2.25. The molecule has 0 bridgehead atoms. The van der Waals surface area contributed by atoms with E-state index in [2.05, 4.69) is 182 Å². The summed E-state index contributed by atoms with van der Waals surface area (Å²) in [6.45, 7) is 24.0. The lowest BCUT2D eigenvalue weighted by Gasteiger charge is -2.17. The van der Waals surface area contributed by atoms with E-state index in [4.69, 9.17) is 0 Å². The zero-order chi connectivity index (χ0) is 41.3. The molecule has 290 valence electrons. The Morgan fingerprint density at radius 2 is 0.429 bits per heavy atom. The molecule has 0 amide bonds. The van der Waals surface area contributed by atoms with Crippen LogP contribution in [0.5, 0.6) is 0 Å². The number of hydrogen-bond acceptors (Lipinski definition) is 0. The van der Waals surface area contributed by atoms with Gasteiger partial charge < -0.3 is 0 Å². The first-order valence-corrected chi connectivity index (χ1v) is 21.2. The molecular formula is C56H66. The van der Waals surface area contributed by atoms with Crippen LogP contribution in [-0.2, 0) is 0 Å². The van der Waals surface area contributed by atoms with Gasteiger partial charge in [0.15, 0.2) is 0 Å². The zero-order valence-corrected chi connectivity index (χ0v) is 36.3. The summed E-state index contributed by atoms with van der Waals surface area (Å²) in [7, 11) is 0. The highest BCUT2D eigenvalue weighted by Crippen LogP contribution is 2.43. The molecule has 9 rings (SSSR count). The second-order valence-electron chi connectivity index (χ2n) is 11.2. The van der Waals surface area contributed by atoms with Crippen LogP contribution in [0.4, 0.5) is 0 Å². The third-order valence-corrected chi connectivity index (χ3v) is 8.69. The zero-order valence-electron chi connectivity index (χ0n) is 36.3. The summed E-state index contributed by atoms with van der Waals surface area (Å²) in [5, 5.41) is 13.2. The Kier molecular flexibility index (Phi) is 21.7. The molecule has 0 aliphatic heterocycles. The lowest BCUT2D eigenvalue weighted by atomic mass is 9.86. The van der Waals surface area contributed by atoms with Crippen LogP contribution in [0.3, 0.4) is 0 Å². The van der Waals surface area contributed by atoms with Crippen molar-refractivity contribution in [3.05, 3.63) is 182 Å². The molecule has 9 aromatic carbocycles. The summed E-state index contributed by atoms with van der Waals surface area (Å²) >= 11 is 0. The standard InChI is InChI=1S/C26H18.C18H12.6C2H6/c1-3-11-19(12-4-1)25-21-15-7-9-17-23(21)26(20-13-5-2-6-14-20)24-18-10-8-16-22(24)25;1-3-7-16-13(5-1)9-11-15-12-10-14-6-2-4-8-17(14)18(15)16;6*1-2/h1-18H;1-12H;6*1-2H3. The summed E-state index contributed by atoms with van der Waals surface area (Å²) < 4.78 is 0. The fraction of sp³-hybridized carbons (Fsp3) is 0.214. The van der Waals surface area contributed by atoms with Gasteiger partial charge in [-0.25, -0.2) is 0 Å². The smallest absolute Gasteiger partial charge is 0.00264 e. The molecule has 0 heterocycles. The first-order chi connectivity index (χ1) is 27.9. The molecule has 0 aromatic heterocycles. The van der Waals surface area contributed by atoms with Gasteiger partial charge in [0.05, 0.1) is 0 Å². The first-order valence-electron chi connectivity index (χ1n) is 21.2. The van der Waals surface area contributed by atoms with Crippen molar-refractivity contribution in [1.82, 2.24) is 0 Å². The maximum Gasteiger partial charge on any atom is -0.00264 e. The lowest BCUT2D eigenvalue weighted by Crippen LogP contribution is -1.90. The predicted molar refractivity (Wildman–Crippen MR) is 259 cm³/mol. The molecule has 0 radical (unpaired) electrons. The van der Waals surface area contributed by atoms with Crippen LogP contribution in [0, 0.1) is 0 Å². The van der Waals surface area contributed by atoms with Crippen LogP contribution in [-0.4, -0.2) is 0 Å². The van der Waals surface area contributed by atoms with Gasteiger partial charge in [-0.2, -0.15) is 0 Å². The van der Waals surface area contributed by atoms with Gasteiger partial charge in [-0.1, -0.05) is 265 Å². The van der Waals surface area contributed by atoms with Crippen molar-refractivity contribution in [2.75, 3.05) is 0 Å². The van der Waals surface area contributed by atoms with Gasteiger partial charge in [-0.05, 0) is 76.1 Å². The Labute approximate surface area is 339 Å². The Bertz CT molecular complexity index is 2190. The van der Waals surface area contributed by atoms with Crippen molar-refractivity contribution < 1.29 is 0 Å². The van der Waals surface area contributed by atoms with E-state index < -0.39 is 0 Å². The molecule has 0 aliphatic carbocycles. The lowest BCUT2D eigenvalue weighted by molar-refractivity contribution is 1.50. The highest BCUT2D eigenvalue weighted by atomic mass is 14.2. The van der Waals surface area contributed by atoms with Gasteiger partial charge in [0, 0.05) is 0 Å². The van der Waals surface area contributed by atoms with Crippen molar-refractivity contribution in [3.8, 4) is 22.3 Å². The molecule has 0 heteroatoms. The van der Waals surface area contributed by atoms with Gasteiger partial charge in [0.2, 0.25) is 0 Å². The van der Waals surface area contributed by atoms with E-state index >= 15 is 0 Å². The summed E-state index contributed by atoms with van der Waals surface area (Å²) in [6.07, 6.45) is 0. The van der Waals surface area contributed by atoms with Crippen molar-refractivity contribution in [2.24, 2.45) is 0 Å². The van der Waals surface area contributed by atoms with E-state index in [0.29, 0.717) is 0 Å². The first kappa shape index (κ1) is 46.4. The number of hydrogen-bond donors (Lipinski definition) is 0. The van der Waals surface area contributed by atoms with Crippen molar-refractivity contribution in [3.63, 3.8) is 0 Å². The number of benzene rings is 9. The average Bonchev–Trinajstić information content (AvgIpc) is 3.32. The van der Waals surface area contributed by atoms with Crippen molar-refractivity contribution >= 4 is 53.9 Å². The molecule has 0 fully saturated rings. The summed E-state index contributed by atoms with van der Waals surface area (Å²) in [4.78, 5) is 0. The van der Waals surface area contributed by atoms with Gasteiger partial charge in [-0.3, -0.25) is 0 Å². The highest BCUT2D eigenvalue weighted by Gasteiger charge is 2.15. The number of fused-ring (bicyclic) bond motifs is 7. The summed E-state index contributed by atoms with van der Waals surface area (Å²) in [5.74, 6) is 0. The van der Waals surface area contributed by atoms with Gasteiger partial charge >= 0.3 is 0 Å². The SMILES string of the molecule is CC.CC.CC.CC.CC.CC.c1ccc(-c2c3ccccc3c(-c3ccccc3)c3ccccc23)cc1.c1ccc2c(c1)ccc1ccc3ccccc3c12. The summed E-state index contributed by atoms with van der Waals surface area (Å²) in [6, 6.07) is 65.0. The van der Waals surface area contributed by atoms with E-state index in [9.17, 15) is 0 Å². The Morgan fingerprint density at radius 3 is 0.732 bits per heavy atom. The van der Waals surface area contributed by atoms with Crippen LogP contribution < -0.4 is 0 Å². The molecule has 0 saturated heterocycles. The molecule has 0 saturated carbocycles. The molecule has 0 nitrogen and oxygen atoms in total. The monoisotopic (exact) mass is 739 g/mol. The van der Waals surface area contributed by atoms with E-state index in [0.717, 1.165) is 0 Å². The Morgan fingerprint density at radius 1 is 0.196 bits per heavy atom. The van der Waals surface area contributed by atoms with Crippen LogP contribution >= 0.6 is 0 Å². The minimum atomic E-state index is 1.26. The molecule has 0 spiro atoms. The summed E-state index contributed by atoms with van der Waals surface area (Å²) in [5.41, 5.74) is 5.16. The minimum Gasteiger partial charge on any atom is -0.0683 e. The van der Waals surface area contributed by atoms with E-state index in [1.807, 2.05) is 83.1 Å². The third-order valence-electron chi connectivity index (χ3n) is 8.69. The fourth-order valence-electron chi connectivity index (χ4n) is 6.74. The fourth-order valence-corrected chi connectivity index (χ4v) is 6.74. The second-order valence-corrected chi connectivity index (χ2v) is 11.2. The van der Waals surface area contributed by atoms with Crippen LogP contribution in [0.15, 0.2) is 182 Å². The molecule has 56 heavy (non-hydrogen) atoms. The van der Waals surface area contributed by atoms with E-state index in [1.165, 1.54) is 76.1 Å². The predicted octanol–water partition coefficient (Wildman–Crippen LogP) is 18.6.